The molecule has 0 aliphatic heterocycles. The van der Waals surface area contributed by atoms with E-state index in [4.69, 9.17) is 20.8 Å². The molecular formula is C17H15ClN4O4S2. The van der Waals surface area contributed by atoms with Crippen molar-refractivity contribution in [1.29, 1.82) is 0 Å². The van der Waals surface area contributed by atoms with Crippen LogP contribution in [-0.2, 0) is 20.7 Å². The van der Waals surface area contributed by atoms with Gasteiger partial charge in [0.25, 0.3) is 5.22 Å². The highest BCUT2D eigenvalue weighted by Crippen LogP contribution is 2.24. The van der Waals surface area contributed by atoms with Crippen molar-refractivity contribution in [2.45, 2.75) is 18.6 Å². The highest BCUT2D eigenvalue weighted by atomic mass is 35.5. The zero-order chi connectivity index (χ0) is 19.9. The molecular weight excluding hydrogens is 424 g/mol. The van der Waals surface area contributed by atoms with Crippen LogP contribution in [-0.4, -0.2) is 39.4 Å². The van der Waals surface area contributed by atoms with Gasteiger partial charge in [0.2, 0.25) is 11.8 Å². The number of thioether (sulfide) groups is 1. The maximum Gasteiger partial charge on any atom is 0.311 e. The van der Waals surface area contributed by atoms with Crippen LogP contribution in [0.1, 0.15) is 12.6 Å². The van der Waals surface area contributed by atoms with E-state index in [0.717, 1.165) is 17.3 Å². The first-order valence-corrected chi connectivity index (χ1v) is 10.4. The molecule has 0 saturated carbocycles. The monoisotopic (exact) mass is 438 g/mol. The van der Waals surface area contributed by atoms with Gasteiger partial charge in [-0.2, -0.15) is 0 Å². The Labute approximate surface area is 173 Å². The summed E-state index contributed by atoms with van der Waals surface area (Å²) >= 11 is 8.21. The van der Waals surface area contributed by atoms with Crippen LogP contribution in [0.3, 0.4) is 0 Å². The zero-order valence-corrected chi connectivity index (χ0v) is 17.1. The van der Waals surface area contributed by atoms with Gasteiger partial charge in [-0.3, -0.25) is 9.59 Å². The number of ether oxygens (including phenoxy) is 1. The van der Waals surface area contributed by atoms with Gasteiger partial charge in [-0.05, 0) is 31.2 Å². The molecule has 3 rings (SSSR count). The van der Waals surface area contributed by atoms with Crippen LogP contribution in [0.2, 0.25) is 5.02 Å². The highest BCUT2D eigenvalue weighted by Gasteiger charge is 2.13. The van der Waals surface area contributed by atoms with Crippen LogP contribution < -0.4 is 5.32 Å². The van der Waals surface area contributed by atoms with E-state index in [0.29, 0.717) is 28.3 Å². The smallest absolute Gasteiger partial charge is 0.311 e. The first kappa shape index (κ1) is 20.3. The third kappa shape index (κ3) is 5.78. The summed E-state index contributed by atoms with van der Waals surface area (Å²) in [6, 6.07) is 7.00. The van der Waals surface area contributed by atoms with Gasteiger partial charge in [0.15, 0.2) is 5.13 Å². The predicted octanol–water partition coefficient (Wildman–Crippen LogP) is 3.68. The van der Waals surface area contributed by atoms with Gasteiger partial charge >= 0.3 is 5.97 Å². The molecule has 0 aliphatic carbocycles. The molecule has 3 aromatic rings. The molecule has 1 N–H and O–H groups in total. The van der Waals surface area contributed by atoms with Gasteiger partial charge < -0.3 is 14.5 Å². The number of nitrogens with zero attached hydrogens (tertiary/aromatic N) is 3. The van der Waals surface area contributed by atoms with Crippen LogP contribution in [0.5, 0.6) is 0 Å². The number of esters is 1. The Morgan fingerprint density at radius 2 is 2.07 bits per heavy atom. The minimum atomic E-state index is -0.353. The Morgan fingerprint density at radius 1 is 1.29 bits per heavy atom. The van der Waals surface area contributed by atoms with E-state index in [1.165, 1.54) is 11.3 Å². The highest BCUT2D eigenvalue weighted by molar-refractivity contribution is 7.99. The van der Waals surface area contributed by atoms with Crippen LogP contribution in [0.4, 0.5) is 5.13 Å². The molecule has 0 unspecified atom stereocenters. The largest absolute Gasteiger partial charge is 0.466 e. The van der Waals surface area contributed by atoms with Crippen molar-refractivity contribution < 1.29 is 18.7 Å². The Kier molecular flexibility index (Phi) is 7.01. The average molecular weight is 439 g/mol. The van der Waals surface area contributed by atoms with Crippen LogP contribution in [0.15, 0.2) is 39.3 Å². The lowest BCUT2D eigenvalue weighted by Crippen LogP contribution is -2.14. The van der Waals surface area contributed by atoms with E-state index < -0.39 is 0 Å². The normalized spacial score (nSPS) is 10.6. The van der Waals surface area contributed by atoms with Gasteiger partial charge in [0.05, 0.1) is 24.5 Å². The summed E-state index contributed by atoms with van der Waals surface area (Å²) < 4.78 is 10.4. The molecule has 0 saturated heterocycles. The lowest BCUT2D eigenvalue weighted by Gasteiger charge is -2.00. The third-order valence-electron chi connectivity index (χ3n) is 3.25. The number of aromatic nitrogens is 3. The zero-order valence-electron chi connectivity index (χ0n) is 14.7. The number of amides is 1. The molecule has 146 valence electrons. The third-order valence-corrected chi connectivity index (χ3v) is 5.13. The van der Waals surface area contributed by atoms with Crippen molar-refractivity contribution in [1.82, 2.24) is 15.2 Å². The van der Waals surface area contributed by atoms with Gasteiger partial charge in [-0.15, -0.1) is 21.5 Å². The fourth-order valence-electron chi connectivity index (χ4n) is 2.07. The number of hydrogen-bond acceptors (Lipinski definition) is 9. The lowest BCUT2D eigenvalue weighted by atomic mass is 10.2. The number of nitrogens with one attached hydrogen (secondary N) is 1. The van der Waals surface area contributed by atoms with Gasteiger partial charge in [-0.25, -0.2) is 4.98 Å². The van der Waals surface area contributed by atoms with Crippen molar-refractivity contribution in [2.24, 2.45) is 0 Å². The van der Waals surface area contributed by atoms with E-state index in [9.17, 15) is 9.59 Å². The molecule has 0 atom stereocenters. The summed E-state index contributed by atoms with van der Waals surface area (Å²) in [6.07, 6.45) is 0.0738. The Balaban J connectivity index is 1.49. The Hall–Kier alpha value is -2.43. The van der Waals surface area contributed by atoms with Crippen LogP contribution >= 0.6 is 34.7 Å². The second-order valence-electron chi connectivity index (χ2n) is 5.34. The number of anilines is 1. The van der Waals surface area contributed by atoms with E-state index in [2.05, 4.69) is 20.5 Å². The minimum absolute atomic E-state index is 0.0738. The summed E-state index contributed by atoms with van der Waals surface area (Å²) in [4.78, 5) is 27.7. The fraction of sp³-hybridized carbons (Fsp3) is 0.235. The second-order valence-corrected chi connectivity index (χ2v) is 7.56. The molecule has 2 heterocycles. The molecule has 0 fully saturated rings. The molecule has 28 heavy (non-hydrogen) atoms. The predicted molar refractivity (Wildman–Crippen MR) is 107 cm³/mol. The van der Waals surface area contributed by atoms with Crippen LogP contribution in [0, 0.1) is 0 Å². The summed E-state index contributed by atoms with van der Waals surface area (Å²) in [5, 5.41) is 13.6. The molecule has 0 radical (unpaired) electrons. The maximum absolute atomic E-state index is 12.1. The molecule has 0 aliphatic rings. The van der Waals surface area contributed by atoms with E-state index in [1.54, 1.807) is 36.6 Å². The molecule has 1 amide bonds. The molecule has 8 nitrogen and oxygen atoms in total. The molecule has 11 heteroatoms. The van der Waals surface area contributed by atoms with Crippen molar-refractivity contribution in [3.05, 3.63) is 40.4 Å². The number of thiazole rings is 1. The number of halogens is 1. The van der Waals surface area contributed by atoms with Crippen molar-refractivity contribution >= 4 is 51.7 Å². The number of carbonyl (C=O) groups excluding carboxylic acids is 2. The quantitative estimate of drug-likeness (QED) is 0.419. The number of rotatable bonds is 8. The van der Waals surface area contributed by atoms with Crippen molar-refractivity contribution in [3.63, 3.8) is 0 Å². The SMILES string of the molecule is CCOC(=O)Cc1csc(NC(=O)CSc2nnc(-c3ccc(Cl)cc3)o2)n1. The fourth-order valence-corrected chi connectivity index (χ4v) is 3.48. The first-order valence-electron chi connectivity index (χ1n) is 8.15. The topological polar surface area (TPSA) is 107 Å². The summed E-state index contributed by atoms with van der Waals surface area (Å²) in [5.41, 5.74) is 1.29. The van der Waals surface area contributed by atoms with Gasteiger partial charge in [-0.1, -0.05) is 23.4 Å². The molecule has 2 aromatic heterocycles. The van der Waals surface area contributed by atoms with E-state index in [1.807, 2.05) is 0 Å². The standard InChI is InChI=1S/C17H15ClN4O4S2/c1-2-25-14(24)7-12-8-27-16(19-12)20-13(23)9-28-17-22-21-15(26-17)10-3-5-11(18)6-4-10/h3-6,8H,2,7,9H2,1H3,(H,19,20,23). The lowest BCUT2D eigenvalue weighted by molar-refractivity contribution is -0.142. The van der Waals surface area contributed by atoms with Gasteiger partial charge in [0, 0.05) is 16.0 Å². The summed E-state index contributed by atoms with van der Waals surface area (Å²) in [6.45, 7) is 2.06. The Morgan fingerprint density at radius 3 is 2.82 bits per heavy atom. The van der Waals surface area contributed by atoms with Crippen LogP contribution in [0.25, 0.3) is 11.5 Å². The minimum Gasteiger partial charge on any atom is -0.466 e. The molecule has 1 aromatic carbocycles. The first-order chi connectivity index (χ1) is 13.5. The molecule has 0 bridgehead atoms. The summed E-state index contributed by atoms with van der Waals surface area (Å²) in [5.74, 6) is -0.194. The van der Waals surface area contributed by atoms with Crippen molar-refractivity contribution in [2.75, 3.05) is 17.7 Å². The van der Waals surface area contributed by atoms with Crippen molar-refractivity contribution in [3.8, 4) is 11.5 Å². The summed E-state index contributed by atoms with van der Waals surface area (Å²) in [7, 11) is 0. The molecule has 0 spiro atoms. The Bertz CT molecular complexity index is 958. The van der Waals surface area contributed by atoms with E-state index in [-0.39, 0.29) is 29.3 Å². The van der Waals surface area contributed by atoms with Gasteiger partial charge in [0.1, 0.15) is 0 Å². The maximum atomic E-state index is 12.1. The number of hydrogen-bond donors (Lipinski definition) is 1. The second kappa shape index (κ2) is 9.67. The number of carbonyl (C=O) groups is 2. The van der Waals surface area contributed by atoms with E-state index >= 15 is 0 Å². The average Bonchev–Trinajstić information content (AvgIpc) is 3.30. The number of benzene rings is 1.